The highest BCUT2D eigenvalue weighted by atomic mass is 32.1. The summed E-state index contributed by atoms with van der Waals surface area (Å²) in [6, 6.07) is 8.57. The number of carbonyl (C=O) groups excluding carboxylic acids is 2. The molecule has 4 nitrogen and oxygen atoms in total. The first-order valence-electron chi connectivity index (χ1n) is 5.42. The number of carbonyl (C=O) groups is 2. The molecule has 0 saturated heterocycles. The van der Waals surface area contributed by atoms with Gasteiger partial charge >= 0.3 is 0 Å². The van der Waals surface area contributed by atoms with Crippen LogP contribution in [0.1, 0.15) is 32.6 Å². The summed E-state index contributed by atoms with van der Waals surface area (Å²) >= 11 is 1.29. The molecule has 0 saturated carbocycles. The normalized spacial score (nSPS) is 10.1. The monoisotopic (exact) mass is 260 g/mol. The molecule has 18 heavy (non-hydrogen) atoms. The average Bonchev–Trinajstić information content (AvgIpc) is 2.76. The molecule has 1 N–H and O–H groups in total. The maximum absolute atomic E-state index is 11.9. The summed E-state index contributed by atoms with van der Waals surface area (Å²) in [5, 5.41) is 2.72. The molecule has 0 bridgehead atoms. The number of amides is 1. The quantitative estimate of drug-likeness (QED) is 0.863. The minimum Gasteiger partial charge on any atom is -0.321 e. The number of nitrogens with one attached hydrogen (secondary N) is 1. The Hall–Kier alpha value is -2.01. The molecule has 0 aliphatic carbocycles. The van der Waals surface area contributed by atoms with Gasteiger partial charge in [0.15, 0.2) is 5.78 Å². The van der Waals surface area contributed by atoms with Gasteiger partial charge < -0.3 is 5.32 Å². The zero-order valence-corrected chi connectivity index (χ0v) is 10.9. The van der Waals surface area contributed by atoms with Gasteiger partial charge in [-0.25, -0.2) is 0 Å². The van der Waals surface area contributed by atoms with Gasteiger partial charge in [-0.3, -0.25) is 9.59 Å². The molecule has 1 aromatic heterocycles. The van der Waals surface area contributed by atoms with E-state index in [0.29, 0.717) is 16.9 Å². The lowest BCUT2D eigenvalue weighted by molar-refractivity contribution is 0.101. The molecular weight excluding hydrogens is 248 g/mol. The lowest BCUT2D eigenvalue weighted by atomic mass is 10.1. The average molecular weight is 260 g/mol. The number of rotatable bonds is 3. The second-order valence-electron chi connectivity index (χ2n) is 3.91. The first kappa shape index (κ1) is 12.4. The smallest absolute Gasteiger partial charge is 0.275 e. The number of aryl methyl sites for hydroxylation is 1. The zero-order valence-electron chi connectivity index (χ0n) is 10.1. The fourth-order valence-electron chi connectivity index (χ4n) is 1.48. The van der Waals surface area contributed by atoms with Crippen LogP contribution in [0.3, 0.4) is 0 Å². The summed E-state index contributed by atoms with van der Waals surface area (Å²) in [7, 11) is 0. The molecule has 0 unspecified atom stereocenters. The second kappa shape index (κ2) is 5.10. The molecule has 1 heterocycles. The van der Waals surface area contributed by atoms with Crippen LogP contribution in [-0.2, 0) is 0 Å². The van der Waals surface area contributed by atoms with Crippen molar-refractivity contribution in [2.75, 3.05) is 5.32 Å². The van der Waals surface area contributed by atoms with E-state index in [1.54, 1.807) is 30.3 Å². The molecule has 0 fully saturated rings. The fourth-order valence-corrected chi connectivity index (χ4v) is 2.03. The van der Waals surface area contributed by atoms with E-state index < -0.39 is 0 Å². The molecule has 1 aromatic carbocycles. The van der Waals surface area contributed by atoms with Crippen molar-refractivity contribution in [1.29, 1.82) is 0 Å². The van der Waals surface area contributed by atoms with E-state index in [1.807, 2.05) is 6.92 Å². The molecule has 1 amide bonds. The zero-order chi connectivity index (χ0) is 13.1. The lowest BCUT2D eigenvalue weighted by Gasteiger charge is -2.04. The highest BCUT2D eigenvalue weighted by Gasteiger charge is 2.10. The topological polar surface area (TPSA) is 59.1 Å². The summed E-state index contributed by atoms with van der Waals surface area (Å²) < 4.78 is 4.03. The van der Waals surface area contributed by atoms with Gasteiger partial charge in [-0.2, -0.15) is 4.37 Å². The van der Waals surface area contributed by atoms with Gasteiger partial charge in [0.25, 0.3) is 5.91 Å². The van der Waals surface area contributed by atoms with Crippen LogP contribution in [0.5, 0.6) is 0 Å². The third kappa shape index (κ3) is 2.81. The van der Waals surface area contributed by atoms with E-state index in [1.165, 1.54) is 18.5 Å². The van der Waals surface area contributed by atoms with Crippen LogP contribution in [0.2, 0.25) is 0 Å². The number of nitrogens with zero attached hydrogens (tertiary/aromatic N) is 1. The Morgan fingerprint density at radius 1 is 1.28 bits per heavy atom. The number of anilines is 1. The third-order valence-corrected chi connectivity index (χ3v) is 3.08. The first-order chi connectivity index (χ1) is 8.56. The van der Waals surface area contributed by atoms with Gasteiger partial charge in [-0.1, -0.05) is 12.1 Å². The molecule has 0 atom stereocenters. The molecule has 0 aliphatic heterocycles. The van der Waals surface area contributed by atoms with Crippen molar-refractivity contribution in [2.45, 2.75) is 13.8 Å². The minimum atomic E-state index is -0.264. The van der Waals surface area contributed by atoms with Crippen molar-refractivity contribution < 1.29 is 9.59 Å². The molecule has 0 spiro atoms. The molecule has 5 heteroatoms. The van der Waals surface area contributed by atoms with Crippen LogP contribution in [0.15, 0.2) is 30.3 Å². The number of benzene rings is 1. The van der Waals surface area contributed by atoms with Crippen LogP contribution < -0.4 is 5.32 Å². The Balaban J connectivity index is 2.16. The van der Waals surface area contributed by atoms with Crippen molar-refractivity contribution in [2.24, 2.45) is 0 Å². The Bertz CT molecular complexity index is 605. The standard InChI is InChI=1S/C13H12N2O2S/c1-8-6-12(15-18-8)13(17)14-11-5-3-4-10(7-11)9(2)16/h3-7H,1-2H3,(H,14,17). The third-order valence-electron chi connectivity index (χ3n) is 2.39. The van der Waals surface area contributed by atoms with Gasteiger partial charge in [0, 0.05) is 16.1 Å². The first-order valence-corrected chi connectivity index (χ1v) is 6.19. The Labute approximate surface area is 109 Å². The molecule has 2 rings (SSSR count). The van der Waals surface area contributed by atoms with Gasteiger partial charge in [0.05, 0.1) is 0 Å². The van der Waals surface area contributed by atoms with Gasteiger partial charge in [-0.05, 0) is 43.6 Å². The number of Topliss-reactive ketones (excluding diaryl/α,β-unsaturated/α-hetero) is 1. The van der Waals surface area contributed by atoms with E-state index in [2.05, 4.69) is 9.69 Å². The minimum absolute atomic E-state index is 0.0319. The Morgan fingerprint density at radius 2 is 2.06 bits per heavy atom. The number of aromatic nitrogens is 1. The fraction of sp³-hybridized carbons (Fsp3) is 0.154. The summed E-state index contributed by atoms with van der Waals surface area (Å²) in [5.74, 6) is -0.296. The Morgan fingerprint density at radius 3 is 2.67 bits per heavy atom. The predicted octanol–water partition coefficient (Wildman–Crippen LogP) is 2.91. The lowest BCUT2D eigenvalue weighted by Crippen LogP contribution is -2.12. The van der Waals surface area contributed by atoms with Crippen LogP contribution in [0, 0.1) is 6.92 Å². The largest absolute Gasteiger partial charge is 0.321 e. The second-order valence-corrected chi connectivity index (χ2v) is 4.92. The summed E-state index contributed by atoms with van der Waals surface area (Å²) in [5.41, 5.74) is 1.56. The molecule has 92 valence electrons. The number of hydrogen-bond acceptors (Lipinski definition) is 4. The maximum Gasteiger partial charge on any atom is 0.275 e. The Kier molecular flexibility index (Phi) is 3.53. The highest BCUT2D eigenvalue weighted by Crippen LogP contribution is 2.14. The van der Waals surface area contributed by atoms with Gasteiger partial charge in [0.2, 0.25) is 0 Å². The summed E-state index contributed by atoms with van der Waals surface area (Å²) in [6.45, 7) is 3.38. The summed E-state index contributed by atoms with van der Waals surface area (Å²) in [6.07, 6.45) is 0. The van der Waals surface area contributed by atoms with Gasteiger partial charge in [-0.15, -0.1) is 0 Å². The van der Waals surface area contributed by atoms with Crippen molar-refractivity contribution in [3.05, 3.63) is 46.5 Å². The van der Waals surface area contributed by atoms with Crippen molar-refractivity contribution in [3.63, 3.8) is 0 Å². The van der Waals surface area contributed by atoms with Gasteiger partial charge in [0.1, 0.15) is 5.69 Å². The highest BCUT2D eigenvalue weighted by molar-refractivity contribution is 7.05. The summed E-state index contributed by atoms with van der Waals surface area (Å²) in [4.78, 5) is 24.1. The van der Waals surface area contributed by atoms with E-state index in [0.717, 1.165) is 4.88 Å². The van der Waals surface area contributed by atoms with Crippen molar-refractivity contribution in [3.8, 4) is 0 Å². The van der Waals surface area contributed by atoms with E-state index >= 15 is 0 Å². The molecular formula is C13H12N2O2S. The molecule has 0 radical (unpaired) electrons. The SMILES string of the molecule is CC(=O)c1cccc(NC(=O)c2cc(C)sn2)c1. The van der Waals surface area contributed by atoms with Crippen LogP contribution in [-0.4, -0.2) is 16.1 Å². The van der Waals surface area contributed by atoms with E-state index in [4.69, 9.17) is 0 Å². The van der Waals surface area contributed by atoms with Crippen LogP contribution in [0.4, 0.5) is 5.69 Å². The maximum atomic E-state index is 11.9. The van der Waals surface area contributed by atoms with E-state index in [9.17, 15) is 9.59 Å². The molecule has 2 aromatic rings. The molecule has 0 aliphatic rings. The van der Waals surface area contributed by atoms with Crippen LogP contribution >= 0.6 is 11.5 Å². The van der Waals surface area contributed by atoms with Crippen LogP contribution in [0.25, 0.3) is 0 Å². The number of ketones is 1. The van der Waals surface area contributed by atoms with E-state index in [-0.39, 0.29) is 11.7 Å². The number of hydrogen-bond donors (Lipinski definition) is 1. The predicted molar refractivity (Wildman–Crippen MR) is 71.3 cm³/mol. The van der Waals surface area contributed by atoms with Crippen molar-refractivity contribution >= 4 is 28.9 Å². The van der Waals surface area contributed by atoms with Crippen molar-refractivity contribution in [1.82, 2.24) is 4.37 Å².